The first kappa shape index (κ1) is 61.9. The normalized spacial score (nSPS) is 22.1. The smallest absolute Gasteiger partial charge is 0.245 e. The van der Waals surface area contributed by atoms with E-state index in [1.165, 1.54) is 24.2 Å². The van der Waals surface area contributed by atoms with Gasteiger partial charge in [0.2, 0.25) is 53.2 Å². The SMILES string of the molecule is CCOc1ccc(C[C@@H](NC(=O)CC23CC4CC(CC(C4)C2)C3)C(=O)N[C@@H](Cc2ccccc2)C(=O)N[C@H](C(=O)N[C@@H](CC(N)=O)C(=O)N[C@@H](CCCN)C(=O)N2CCC[C@H]2C(=O)N[C@@H](CCCN=C(N)N)C(N)=O)C(C)C)cc1. The number of guanidine groups is 1. The summed E-state index contributed by atoms with van der Waals surface area (Å²) in [7, 11) is 0. The van der Waals surface area contributed by atoms with Crippen molar-refractivity contribution in [2.24, 2.45) is 62.7 Å². The molecule has 80 heavy (non-hydrogen) atoms. The second-order valence-corrected chi connectivity index (χ2v) is 22.8. The van der Waals surface area contributed by atoms with Gasteiger partial charge in [-0.25, -0.2) is 0 Å². The Morgan fingerprint density at radius 2 is 1.24 bits per heavy atom. The van der Waals surface area contributed by atoms with Gasteiger partial charge in [-0.2, -0.15) is 0 Å². The molecule has 438 valence electrons. The first-order chi connectivity index (χ1) is 38.2. The maximum absolute atomic E-state index is 14.7. The molecule has 9 amide bonds. The maximum Gasteiger partial charge on any atom is 0.245 e. The first-order valence-corrected chi connectivity index (χ1v) is 28.4. The monoisotopic (exact) mass is 1110 g/mol. The number of ether oxygens (including phenoxy) is 1. The maximum atomic E-state index is 14.7. The fourth-order valence-corrected chi connectivity index (χ4v) is 12.6. The van der Waals surface area contributed by atoms with Crippen molar-refractivity contribution >= 4 is 59.1 Å². The summed E-state index contributed by atoms with van der Waals surface area (Å²) in [5, 5.41) is 16.6. The van der Waals surface area contributed by atoms with Crippen LogP contribution in [-0.2, 0) is 56.0 Å². The van der Waals surface area contributed by atoms with Gasteiger partial charge in [0.1, 0.15) is 48.0 Å². The van der Waals surface area contributed by atoms with E-state index in [1.807, 2.05) is 25.1 Å². The van der Waals surface area contributed by atoms with Gasteiger partial charge in [-0.05, 0) is 143 Å². The van der Waals surface area contributed by atoms with E-state index in [0.29, 0.717) is 54.9 Å². The van der Waals surface area contributed by atoms with Crippen molar-refractivity contribution in [1.29, 1.82) is 0 Å². The second-order valence-electron chi connectivity index (χ2n) is 22.8. The van der Waals surface area contributed by atoms with Gasteiger partial charge in [-0.15, -0.1) is 0 Å². The van der Waals surface area contributed by atoms with Gasteiger partial charge in [-0.3, -0.25) is 48.1 Å². The molecule has 1 aliphatic heterocycles. The fraction of sp³-hybridized carbons (Fsp3) is 0.614. The van der Waals surface area contributed by atoms with Gasteiger partial charge >= 0.3 is 0 Å². The molecular weight excluding hydrogens is 1030 g/mol. The standard InChI is InChI=1S/C57H85N13O10/c1-4-80-39-18-16-35(17-19-39)27-42(64-47(72)32-57-29-36-23-37(30-57)25-38(24-36)31-57)50(74)67-43(26-34-11-6-5-7-12-34)52(76)69-48(33(2)3)54(78)68-44(28-46(59)71)51(75)66-41(13-8-20-58)55(79)70-22-10-15-45(70)53(77)65-40(49(60)73)14-9-21-63-56(61)62/h5-7,11-12,16-19,33,36-38,40-45,48H,4,8-10,13-15,20-32,58H2,1-3H3,(H2,59,71)(H2,60,73)(H,64,72)(H,65,77)(H,66,75)(H,67,74)(H,68,78)(H,69,76)(H4,61,62,63)/t36?,37?,38?,40-,41-,42+,43-,44-,45-,48-,57?/m0/s1. The predicted molar refractivity (Wildman–Crippen MR) is 299 cm³/mol. The zero-order valence-corrected chi connectivity index (χ0v) is 46.6. The molecular formula is C57H85N13O10. The highest BCUT2D eigenvalue weighted by Gasteiger charge is 2.52. The zero-order chi connectivity index (χ0) is 58.1. The number of likely N-dealkylation sites (tertiary alicyclic amines) is 1. The lowest BCUT2D eigenvalue weighted by atomic mass is 9.49. The van der Waals surface area contributed by atoms with Gasteiger partial charge in [0, 0.05) is 32.4 Å². The van der Waals surface area contributed by atoms with Crippen molar-refractivity contribution in [3.8, 4) is 5.75 Å². The van der Waals surface area contributed by atoms with Gasteiger partial charge in [0.15, 0.2) is 5.96 Å². The van der Waals surface area contributed by atoms with Crippen molar-refractivity contribution in [3.05, 3.63) is 65.7 Å². The summed E-state index contributed by atoms with van der Waals surface area (Å²) in [4.78, 5) is 130. The number of nitrogens with zero attached hydrogens (tertiary/aromatic N) is 2. The largest absolute Gasteiger partial charge is 0.494 e. The number of aliphatic imine (C=N–C) groups is 1. The van der Waals surface area contributed by atoms with Crippen molar-refractivity contribution < 1.29 is 47.9 Å². The van der Waals surface area contributed by atoms with Crippen LogP contribution < -0.4 is 65.3 Å². The van der Waals surface area contributed by atoms with Crippen LogP contribution in [0.1, 0.15) is 122 Å². The molecule has 4 aliphatic carbocycles. The van der Waals surface area contributed by atoms with Crippen molar-refractivity contribution in [3.63, 3.8) is 0 Å². The van der Waals surface area contributed by atoms with Gasteiger partial charge < -0.3 is 70.2 Å². The van der Waals surface area contributed by atoms with Crippen molar-refractivity contribution in [1.82, 2.24) is 36.8 Å². The highest BCUT2D eigenvalue weighted by atomic mass is 16.5. The molecule has 23 heteroatoms. The molecule has 7 atom stereocenters. The highest BCUT2D eigenvalue weighted by Crippen LogP contribution is 2.61. The molecule has 5 aliphatic rings. The Morgan fingerprint density at radius 1 is 0.675 bits per heavy atom. The van der Waals surface area contributed by atoms with Crippen LogP contribution in [0.3, 0.4) is 0 Å². The number of nitrogens with one attached hydrogen (secondary N) is 6. The second kappa shape index (κ2) is 29.2. The number of hydrogen-bond donors (Lipinski definition) is 11. The third-order valence-corrected chi connectivity index (χ3v) is 16.0. The molecule has 4 bridgehead atoms. The molecule has 1 saturated heterocycles. The van der Waals surface area contributed by atoms with Crippen molar-refractivity contribution in [2.75, 3.05) is 26.2 Å². The molecule has 0 unspecified atom stereocenters. The average molecular weight is 1110 g/mol. The average Bonchev–Trinajstić information content (AvgIpc) is 3.93. The Morgan fingerprint density at radius 3 is 1.81 bits per heavy atom. The summed E-state index contributed by atoms with van der Waals surface area (Å²) in [6, 6.07) is 7.52. The molecule has 16 N–H and O–H groups in total. The van der Waals surface area contributed by atoms with Crippen LogP contribution in [0.15, 0.2) is 59.6 Å². The number of rotatable bonds is 31. The molecule has 4 saturated carbocycles. The van der Waals surface area contributed by atoms with E-state index in [1.54, 1.807) is 50.2 Å². The quantitative estimate of drug-likeness (QED) is 0.0273. The summed E-state index contributed by atoms with van der Waals surface area (Å²) in [5.74, 6) is -4.66. The van der Waals surface area contributed by atoms with E-state index < -0.39 is 102 Å². The van der Waals surface area contributed by atoms with Crippen LogP contribution in [-0.4, -0.2) is 133 Å². The van der Waals surface area contributed by atoms with Crippen LogP contribution in [0.4, 0.5) is 0 Å². The summed E-state index contributed by atoms with van der Waals surface area (Å²) in [5.41, 5.74) is 29.2. The summed E-state index contributed by atoms with van der Waals surface area (Å²) in [6.45, 7) is 6.13. The summed E-state index contributed by atoms with van der Waals surface area (Å²) >= 11 is 0. The lowest BCUT2D eigenvalue weighted by molar-refractivity contribution is -0.142. The molecule has 7 rings (SSSR count). The minimum atomic E-state index is -1.63. The van der Waals surface area contributed by atoms with Gasteiger partial charge in [-0.1, -0.05) is 56.3 Å². The Hall–Kier alpha value is -7.30. The van der Waals surface area contributed by atoms with Crippen LogP contribution in [0, 0.1) is 29.1 Å². The minimum Gasteiger partial charge on any atom is -0.494 e. The predicted octanol–water partition coefficient (Wildman–Crippen LogP) is 0.186. The van der Waals surface area contributed by atoms with Gasteiger partial charge in [0.05, 0.1) is 13.0 Å². The van der Waals surface area contributed by atoms with Crippen molar-refractivity contribution in [2.45, 2.75) is 166 Å². The fourth-order valence-electron chi connectivity index (χ4n) is 12.6. The van der Waals surface area contributed by atoms with E-state index in [4.69, 9.17) is 33.4 Å². The summed E-state index contributed by atoms with van der Waals surface area (Å²) < 4.78 is 5.65. The number of hydrogen-bond acceptors (Lipinski definition) is 12. The lowest BCUT2D eigenvalue weighted by Gasteiger charge is -2.56. The Bertz CT molecular complexity index is 2490. The van der Waals surface area contributed by atoms with Crippen LogP contribution in [0.5, 0.6) is 5.75 Å². The highest BCUT2D eigenvalue weighted by molar-refractivity contribution is 5.99. The van der Waals surface area contributed by atoms with Gasteiger partial charge in [0.25, 0.3) is 0 Å². The molecule has 0 spiro atoms. The van der Waals surface area contributed by atoms with E-state index in [-0.39, 0.29) is 75.4 Å². The number of primary amides is 2. The Kier molecular flexibility index (Phi) is 22.6. The van der Waals surface area contributed by atoms with E-state index >= 15 is 0 Å². The molecule has 1 heterocycles. The molecule has 0 aromatic heterocycles. The number of carbonyl (C=O) groups is 9. The minimum absolute atomic E-state index is 0.00127. The number of amides is 9. The molecule has 23 nitrogen and oxygen atoms in total. The van der Waals surface area contributed by atoms with Crippen LogP contribution in [0.25, 0.3) is 0 Å². The van der Waals surface area contributed by atoms with Crippen LogP contribution in [0.2, 0.25) is 0 Å². The molecule has 2 aromatic rings. The number of carbonyl (C=O) groups excluding carboxylic acids is 9. The van der Waals surface area contributed by atoms with E-state index in [2.05, 4.69) is 36.9 Å². The summed E-state index contributed by atoms with van der Waals surface area (Å²) in [6.07, 6.45) is 7.78. The zero-order valence-electron chi connectivity index (χ0n) is 46.6. The molecule has 5 fully saturated rings. The third-order valence-electron chi connectivity index (χ3n) is 16.0. The number of nitrogens with two attached hydrogens (primary N) is 5. The Labute approximate surface area is 468 Å². The van der Waals surface area contributed by atoms with E-state index in [9.17, 15) is 43.2 Å². The first-order valence-electron chi connectivity index (χ1n) is 28.4. The third kappa shape index (κ3) is 17.9. The number of benzene rings is 2. The lowest BCUT2D eigenvalue weighted by Crippen LogP contribution is -2.61. The van der Waals surface area contributed by atoms with Crippen LogP contribution >= 0.6 is 0 Å². The molecule has 0 radical (unpaired) electrons. The Balaban J connectivity index is 1.17. The van der Waals surface area contributed by atoms with E-state index in [0.717, 1.165) is 24.8 Å². The topological polar surface area (TPSA) is 381 Å². The molecule has 2 aromatic carbocycles.